The van der Waals surface area contributed by atoms with E-state index in [2.05, 4.69) is 38.3 Å². The number of ether oxygens (including phenoxy) is 2. The van der Waals surface area contributed by atoms with Crippen LogP contribution in [0.15, 0.2) is 36.4 Å². The molecule has 0 amide bonds. The zero-order valence-electron chi connectivity index (χ0n) is 21.7. The van der Waals surface area contributed by atoms with Gasteiger partial charge in [-0.3, -0.25) is 9.59 Å². The van der Waals surface area contributed by atoms with Crippen LogP contribution >= 0.6 is 0 Å². The molecular formula is C28H38N2O4. The van der Waals surface area contributed by atoms with Crippen molar-refractivity contribution in [3.8, 4) is 11.5 Å². The lowest BCUT2D eigenvalue weighted by molar-refractivity contribution is -0.141. The molecule has 0 aliphatic carbocycles. The molecule has 2 fully saturated rings. The van der Waals surface area contributed by atoms with E-state index in [0.717, 1.165) is 23.6 Å². The van der Waals surface area contributed by atoms with Gasteiger partial charge in [0.15, 0.2) is 0 Å². The second-order valence-electron chi connectivity index (χ2n) is 12.5. The summed E-state index contributed by atoms with van der Waals surface area (Å²) < 4.78 is 11.5. The van der Waals surface area contributed by atoms with E-state index in [9.17, 15) is 9.59 Å². The average molecular weight is 467 g/mol. The van der Waals surface area contributed by atoms with Crippen LogP contribution in [0.5, 0.6) is 11.5 Å². The monoisotopic (exact) mass is 466 g/mol. The van der Waals surface area contributed by atoms with Gasteiger partial charge in [-0.05, 0) is 103 Å². The Balaban J connectivity index is 1.46. The molecule has 2 atom stereocenters. The van der Waals surface area contributed by atoms with Crippen molar-refractivity contribution in [2.75, 3.05) is 0 Å². The molecule has 0 radical (unpaired) electrons. The Morgan fingerprint density at radius 2 is 1.03 bits per heavy atom. The third kappa shape index (κ3) is 4.98. The van der Waals surface area contributed by atoms with E-state index < -0.39 is 0 Å². The van der Waals surface area contributed by atoms with E-state index in [1.54, 1.807) is 12.1 Å². The van der Waals surface area contributed by atoms with Gasteiger partial charge in [-0.1, -0.05) is 12.1 Å². The van der Waals surface area contributed by atoms with E-state index in [1.807, 2.05) is 52.0 Å². The van der Waals surface area contributed by atoms with E-state index >= 15 is 0 Å². The Kier molecular flexibility index (Phi) is 5.85. The zero-order valence-corrected chi connectivity index (χ0v) is 21.7. The lowest BCUT2D eigenvalue weighted by Crippen LogP contribution is -2.47. The second kappa shape index (κ2) is 8.06. The Bertz CT molecular complexity index is 1040. The number of benzene rings is 2. The summed E-state index contributed by atoms with van der Waals surface area (Å²) in [6, 6.07) is 11.1. The van der Waals surface area contributed by atoms with Crippen LogP contribution in [0, 0.1) is 11.8 Å². The largest absolute Gasteiger partial charge is 0.426 e. The SMILES string of the molecule is CC1(C)CC(C(=O)Oc2ccc3cc(OC(=O)C4CC(C)(C)NC4(C)C)ccc3c2)C(C)(C)N1. The standard InChI is InChI=1S/C28H38N2O4/c1-25(2)15-21(27(5,6)29-25)23(31)33-19-11-9-18-14-20(12-10-17(18)13-19)34-24(32)22-16-26(3,4)30-28(22,7)8/h9-14,21-22,29-30H,15-16H2,1-8H3. The Labute approximate surface area is 202 Å². The number of hydrogen-bond acceptors (Lipinski definition) is 6. The van der Waals surface area contributed by atoms with Gasteiger partial charge < -0.3 is 20.1 Å². The lowest BCUT2D eigenvalue weighted by Gasteiger charge is -2.27. The number of hydrogen-bond donors (Lipinski definition) is 2. The first kappa shape index (κ1) is 24.7. The van der Waals surface area contributed by atoms with Crippen molar-refractivity contribution < 1.29 is 19.1 Å². The van der Waals surface area contributed by atoms with Crippen LogP contribution in [0.1, 0.15) is 68.2 Å². The van der Waals surface area contributed by atoms with Crippen LogP contribution < -0.4 is 20.1 Å². The molecule has 0 spiro atoms. The number of nitrogens with one attached hydrogen (secondary N) is 2. The summed E-state index contributed by atoms with van der Waals surface area (Å²) in [6.07, 6.45) is 1.46. The lowest BCUT2D eigenvalue weighted by atomic mass is 9.87. The van der Waals surface area contributed by atoms with E-state index in [0.29, 0.717) is 11.5 Å². The number of rotatable bonds is 4. The van der Waals surface area contributed by atoms with Gasteiger partial charge in [0.05, 0.1) is 11.8 Å². The highest BCUT2D eigenvalue weighted by Gasteiger charge is 2.49. The van der Waals surface area contributed by atoms with E-state index in [1.165, 1.54) is 0 Å². The molecule has 2 N–H and O–H groups in total. The van der Waals surface area contributed by atoms with E-state index in [-0.39, 0.29) is 45.9 Å². The molecule has 34 heavy (non-hydrogen) atoms. The normalized spacial score (nSPS) is 26.4. The van der Waals surface area contributed by atoms with Gasteiger partial charge in [0, 0.05) is 22.2 Å². The molecule has 2 aromatic carbocycles. The molecule has 2 heterocycles. The van der Waals surface area contributed by atoms with Gasteiger partial charge in [0.25, 0.3) is 0 Å². The third-order valence-corrected chi connectivity index (χ3v) is 7.28. The smallest absolute Gasteiger partial charge is 0.316 e. The second-order valence-corrected chi connectivity index (χ2v) is 12.5. The summed E-state index contributed by atoms with van der Waals surface area (Å²) in [5.74, 6) is 0.151. The fourth-order valence-corrected chi connectivity index (χ4v) is 6.01. The molecule has 2 saturated heterocycles. The van der Waals surface area contributed by atoms with Crippen molar-refractivity contribution >= 4 is 22.7 Å². The molecule has 4 rings (SSSR count). The first-order valence-corrected chi connectivity index (χ1v) is 12.1. The summed E-state index contributed by atoms with van der Waals surface area (Å²) in [5, 5.41) is 8.87. The predicted molar refractivity (Wildman–Crippen MR) is 134 cm³/mol. The van der Waals surface area contributed by atoms with Crippen LogP contribution in [0.2, 0.25) is 0 Å². The summed E-state index contributed by atoms with van der Waals surface area (Å²) >= 11 is 0. The number of carbonyl (C=O) groups excluding carboxylic acids is 2. The maximum Gasteiger partial charge on any atom is 0.316 e. The fraction of sp³-hybridized carbons (Fsp3) is 0.571. The van der Waals surface area contributed by atoms with Gasteiger partial charge in [0.2, 0.25) is 0 Å². The fourth-order valence-electron chi connectivity index (χ4n) is 6.01. The molecule has 0 saturated carbocycles. The van der Waals surface area contributed by atoms with Gasteiger partial charge in [-0.15, -0.1) is 0 Å². The molecule has 2 aromatic rings. The molecule has 6 heteroatoms. The first-order valence-electron chi connectivity index (χ1n) is 12.1. The molecule has 0 bridgehead atoms. The quantitative estimate of drug-likeness (QED) is 0.489. The maximum atomic E-state index is 12.9. The topological polar surface area (TPSA) is 76.7 Å². The number of fused-ring (bicyclic) bond motifs is 1. The zero-order chi connectivity index (χ0) is 25.1. The molecule has 2 unspecified atom stereocenters. The molecule has 6 nitrogen and oxygen atoms in total. The van der Waals surface area contributed by atoms with Gasteiger partial charge in [-0.2, -0.15) is 0 Å². The maximum absolute atomic E-state index is 12.9. The number of esters is 2. The minimum absolute atomic E-state index is 0.107. The van der Waals surface area contributed by atoms with Crippen LogP contribution in [-0.2, 0) is 9.59 Å². The van der Waals surface area contributed by atoms with Crippen molar-refractivity contribution in [1.29, 1.82) is 0 Å². The van der Waals surface area contributed by atoms with Gasteiger partial charge in [-0.25, -0.2) is 0 Å². The highest BCUT2D eigenvalue weighted by Crippen LogP contribution is 2.38. The Morgan fingerprint density at radius 1 is 0.676 bits per heavy atom. The summed E-state index contributed by atoms with van der Waals surface area (Å²) in [4.78, 5) is 25.9. The van der Waals surface area contributed by atoms with E-state index in [4.69, 9.17) is 9.47 Å². The van der Waals surface area contributed by atoms with Crippen LogP contribution in [0.4, 0.5) is 0 Å². The van der Waals surface area contributed by atoms with Crippen molar-refractivity contribution in [1.82, 2.24) is 10.6 Å². The molecule has 184 valence electrons. The van der Waals surface area contributed by atoms with Crippen molar-refractivity contribution in [3.63, 3.8) is 0 Å². The Morgan fingerprint density at radius 3 is 1.32 bits per heavy atom. The van der Waals surface area contributed by atoms with Crippen LogP contribution in [0.3, 0.4) is 0 Å². The predicted octanol–water partition coefficient (Wildman–Crippen LogP) is 4.98. The first-order chi connectivity index (χ1) is 15.6. The molecule has 0 aromatic heterocycles. The minimum Gasteiger partial charge on any atom is -0.426 e. The highest BCUT2D eigenvalue weighted by molar-refractivity contribution is 5.87. The van der Waals surface area contributed by atoms with Gasteiger partial charge in [0.1, 0.15) is 11.5 Å². The Hall–Kier alpha value is -2.44. The molecule has 2 aliphatic heterocycles. The molecule has 2 aliphatic rings. The summed E-state index contributed by atoms with van der Waals surface area (Å²) in [5.41, 5.74) is -0.864. The summed E-state index contributed by atoms with van der Waals surface area (Å²) in [7, 11) is 0. The third-order valence-electron chi connectivity index (χ3n) is 7.28. The number of carbonyl (C=O) groups is 2. The van der Waals surface area contributed by atoms with Gasteiger partial charge >= 0.3 is 11.9 Å². The van der Waals surface area contributed by atoms with Crippen molar-refractivity contribution in [2.24, 2.45) is 11.8 Å². The highest BCUT2D eigenvalue weighted by atomic mass is 16.5. The van der Waals surface area contributed by atoms with Crippen molar-refractivity contribution in [3.05, 3.63) is 36.4 Å². The summed E-state index contributed by atoms with van der Waals surface area (Å²) in [6.45, 7) is 16.6. The van der Waals surface area contributed by atoms with Crippen LogP contribution in [0.25, 0.3) is 10.8 Å². The molecular weight excluding hydrogens is 428 g/mol. The van der Waals surface area contributed by atoms with Crippen LogP contribution in [-0.4, -0.2) is 34.1 Å². The average Bonchev–Trinajstić information content (AvgIpc) is 3.06. The minimum atomic E-state index is -0.325. The van der Waals surface area contributed by atoms with Crippen molar-refractivity contribution in [2.45, 2.75) is 90.4 Å².